The molecule has 2 aromatic carbocycles. The number of allylic oxidation sites excluding steroid dienone is 8. The van der Waals surface area contributed by atoms with E-state index in [-0.39, 0.29) is 72.5 Å². The molecule has 5 rings (SSSR count). The van der Waals surface area contributed by atoms with Crippen molar-refractivity contribution in [2.24, 2.45) is 5.92 Å². The second-order valence-electron chi connectivity index (χ2n) is 14.8. The maximum Gasteiger partial charge on any atom is 1.00 e. The van der Waals surface area contributed by atoms with Crippen LogP contribution in [0.2, 0.25) is 0 Å². The van der Waals surface area contributed by atoms with Crippen LogP contribution in [-0.2, 0) is 40.7 Å². The first-order valence-corrected chi connectivity index (χ1v) is 20.8. The zero-order valence-electron chi connectivity index (χ0n) is 31.1. The van der Waals surface area contributed by atoms with Crippen LogP contribution in [0.25, 0.3) is 0 Å². The van der Waals surface area contributed by atoms with E-state index in [1.807, 2.05) is 60.7 Å². The van der Waals surface area contributed by atoms with Crippen molar-refractivity contribution in [1.82, 2.24) is 0 Å². The number of rotatable bonds is 13. The summed E-state index contributed by atoms with van der Waals surface area (Å²) in [6.07, 6.45) is 8.90. The summed E-state index contributed by atoms with van der Waals surface area (Å²) in [4.78, 5) is 30.6. The number of Topliss-reactive ketones (excluding diaryl/α,β-unsaturated/α-hetero) is 1. The number of carbonyl (C=O) groups excluding carboxylic acids is 1. The van der Waals surface area contributed by atoms with Crippen molar-refractivity contribution >= 4 is 43.4 Å². The normalized spacial score (nSPS) is 22.4. The molecule has 0 saturated heterocycles. The van der Waals surface area contributed by atoms with E-state index in [1.165, 1.54) is 0 Å². The molecule has 1 unspecified atom stereocenters. The molecule has 0 aromatic heterocycles. The van der Waals surface area contributed by atoms with Gasteiger partial charge in [0, 0.05) is 57.8 Å². The van der Waals surface area contributed by atoms with Crippen LogP contribution in [0.4, 0.5) is 11.4 Å². The summed E-state index contributed by atoms with van der Waals surface area (Å²) in [6, 6.07) is 15.8. The molecule has 0 amide bonds. The van der Waals surface area contributed by atoms with Gasteiger partial charge in [-0.15, -0.1) is 0 Å². The van der Waals surface area contributed by atoms with Crippen molar-refractivity contribution in [2.75, 3.05) is 34.4 Å². The third kappa shape index (κ3) is 9.80. The van der Waals surface area contributed by atoms with Gasteiger partial charge in [-0.25, -0.2) is 0 Å². The molecule has 2 heterocycles. The Morgan fingerprint density at radius 2 is 1.08 bits per heavy atom. The third-order valence-corrected chi connectivity index (χ3v) is 12.0. The first kappa shape index (κ1) is 42.7. The minimum absolute atomic E-state index is 0. The Labute approximate surface area is 335 Å². The van der Waals surface area contributed by atoms with Crippen LogP contribution >= 0.6 is 0 Å². The van der Waals surface area contributed by atoms with Crippen LogP contribution in [0.5, 0.6) is 0 Å². The first-order chi connectivity index (χ1) is 24.3. The van der Waals surface area contributed by atoms with Crippen molar-refractivity contribution in [3.05, 3.63) is 107 Å². The van der Waals surface area contributed by atoms with Crippen LogP contribution < -0.4 is 39.4 Å². The maximum atomic E-state index is 14.1. The summed E-state index contributed by atoms with van der Waals surface area (Å²) < 4.78 is 63.7. The van der Waals surface area contributed by atoms with Crippen molar-refractivity contribution in [1.29, 1.82) is 0 Å². The monoisotopic (exact) mass is 775 g/mol. The van der Waals surface area contributed by atoms with Gasteiger partial charge in [0.05, 0.1) is 17.4 Å². The molecule has 1 atom stereocenters. The summed E-state index contributed by atoms with van der Waals surface area (Å²) in [5.41, 5.74) is 5.70. The Balaban J connectivity index is 0.00000627. The molecule has 11 nitrogen and oxygen atoms in total. The summed E-state index contributed by atoms with van der Waals surface area (Å²) in [5.74, 6) is -2.69. The number of para-hydroxylation sites is 2. The van der Waals surface area contributed by atoms with E-state index >= 15 is 0 Å². The van der Waals surface area contributed by atoms with E-state index in [4.69, 9.17) is 0 Å². The number of nitrogens with zero attached hydrogens (tertiary/aromatic N) is 2. The van der Waals surface area contributed by atoms with Gasteiger partial charge in [0.1, 0.15) is 0 Å². The van der Waals surface area contributed by atoms with Crippen molar-refractivity contribution in [3.63, 3.8) is 0 Å². The summed E-state index contributed by atoms with van der Waals surface area (Å²) >= 11 is 0. The molecular weight excluding hydrogens is 728 g/mol. The van der Waals surface area contributed by atoms with E-state index in [2.05, 4.69) is 37.5 Å². The van der Waals surface area contributed by atoms with Crippen LogP contribution in [-0.4, -0.2) is 67.4 Å². The molecule has 2 aromatic rings. The van der Waals surface area contributed by atoms with Crippen LogP contribution in [0.1, 0.15) is 77.3 Å². The molecule has 2 aliphatic heterocycles. The number of benzene rings is 2. The molecule has 0 radical (unpaired) electrons. The summed E-state index contributed by atoms with van der Waals surface area (Å²) in [6.45, 7) is 9.27. The molecule has 0 bridgehead atoms. The molecule has 14 heteroatoms. The number of carbonyl (C=O) groups is 2. The first-order valence-electron chi connectivity index (χ1n) is 17.6. The van der Waals surface area contributed by atoms with E-state index in [1.54, 1.807) is 12.2 Å². The van der Waals surface area contributed by atoms with E-state index in [0.29, 0.717) is 37.1 Å². The quantitative estimate of drug-likeness (QED) is 0.118. The Kier molecular flexibility index (Phi) is 13.5. The molecule has 280 valence electrons. The number of hydrogen-bond donors (Lipinski definition) is 3. The van der Waals surface area contributed by atoms with Crippen molar-refractivity contribution in [3.8, 4) is 0 Å². The van der Waals surface area contributed by atoms with Gasteiger partial charge >= 0.3 is 35.5 Å². The van der Waals surface area contributed by atoms with Gasteiger partial charge < -0.3 is 14.9 Å². The average Bonchev–Trinajstić information content (AvgIpc) is 3.41. The van der Waals surface area contributed by atoms with Crippen molar-refractivity contribution in [2.45, 2.75) is 77.0 Å². The standard InChI is InChI=1S/C39H48N2O9S2.Na/c1-38(2)30-13-5-7-15-32(30)40(21-9-11-23-51(45,46)47)34(38)19-17-27-25-29(37(43)44)26-28(36(27)42)18-20-35-39(3,4)31-14-6-8-16-33(31)41(35)22-10-12-24-52(48,49)50;/h5-8,13-20,29H,9-12,21-26H2,1-4H3,(H,43,44)(H,45,46,47)(H,48,49,50);/q;+1/b27-17+,28-18?,34-19+,35-20?;. The number of fused-ring (bicyclic) bond motifs is 2. The fraction of sp³-hybridized carbons (Fsp3) is 0.436. The number of anilines is 2. The molecule has 3 aliphatic rings. The van der Waals surface area contributed by atoms with Gasteiger partial charge in [-0.3, -0.25) is 18.7 Å². The number of unbranched alkanes of at least 4 members (excludes halogenated alkanes) is 2. The number of carboxylic acids is 1. The second kappa shape index (κ2) is 16.8. The number of ketones is 1. The minimum atomic E-state index is -4.08. The van der Waals surface area contributed by atoms with Crippen LogP contribution in [0, 0.1) is 5.92 Å². The number of aliphatic carboxylic acids is 1. The smallest absolute Gasteiger partial charge is 0.481 e. The molecule has 1 saturated carbocycles. The molecular formula is C39H48N2NaO9S2+. The predicted octanol–water partition coefficient (Wildman–Crippen LogP) is 3.61. The SMILES string of the molecule is CC1(C)C(=CC=C2CC(C(=O)O)C/C(=C\C=C3\N(CCCCS(=O)(=O)O)c4ccccc4C3(C)C)C2=O)N(CCCCS(=O)(=O)O)c2ccccc21.[Na+]. The fourth-order valence-corrected chi connectivity index (χ4v) is 8.83. The Hall–Kier alpha value is -3.04. The third-order valence-electron chi connectivity index (χ3n) is 10.4. The fourth-order valence-electron chi connectivity index (χ4n) is 7.69. The van der Waals surface area contributed by atoms with E-state index in [9.17, 15) is 40.6 Å². The summed E-state index contributed by atoms with van der Waals surface area (Å²) in [7, 11) is -8.16. The van der Waals surface area contributed by atoms with Gasteiger partial charge in [-0.1, -0.05) is 76.2 Å². The van der Waals surface area contributed by atoms with Crippen LogP contribution in [0.15, 0.2) is 95.4 Å². The van der Waals surface area contributed by atoms with Gasteiger partial charge in [-0.2, -0.15) is 16.8 Å². The molecule has 1 fully saturated rings. The zero-order chi connectivity index (χ0) is 38.1. The molecule has 0 spiro atoms. The topological polar surface area (TPSA) is 170 Å². The van der Waals surface area contributed by atoms with Gasteiger partial charge in [0.15, 0.2) is 5.78 Å². The Morgan fingerprint density at radius 3 is 1.43 bits per heavy atom. The minimum Gasteiger partial charge on any atom is -0.481 e. The second-order valence-corrected chi connectivity index (χ2v) is 18.0. The summed E-state index contributed by atoms with van der Waals surface area (Å²) in [5, 5.41) is 10.1. The van der Waals surface area contributed by atoms with Crippen LogP contribution in [0.3, 0.4) is 0 Å². The molecule has 3 N–H and O–H groups in total. The van der Waals surface area contributed by atoms with E-state index in [0.717, 1.165) is 33.9 Å². The predicted molar refractivity (Wildman–Crippen MR) is 203 cm³/mol. The Bertz CT molecular complexity index is 1940. The van der Waals surface area contributed by atoms with Gasteiger partial charge in [-0.05, 0) is 73.9 Å². The Morgan fingerprint density at radius 1 is 0.698 bits per heavy atom. The molecule has 53 heavy (non-hydrogen) atoms. The maximum absolute atomic E-state index is 14.1. The van der Waals surface area contributed by atoms with Gasteiger partial charge in [0.25, 0.3) is 20.2 Å². The molecule has 1 aliphatic carbocycles. The number of carboxylic acid groups (broad SMARTS) is 1. The van der Waals surface area contributed by atoms with Gasteiger partial charge in [0.2, 0.25) is 0 Å². The average molecular weight is 776 g/mol. The zero-order valence-corrected chi connectivity index (χ0v) is 34.7. The van der Waals surface area contributed by atoms with Crippen molar-refractivity contribution < 1.29 is 70.2 Å². The van der Waals surface area contributed by atoms with E-state index < -0.39 is 43.0 Å². The number of hydrogen-bond acceptors (Lipinski definition) is 8. The largest absolute Gasteiger partial charge is 1.00 e.